The van der Waals surface area contributed by atoms with Gasteiger partial charge in [-0.25, -0.2) is 0 Å². The monoisotopic (exact) mass is 554 g/mol. The zero-order valence-corrected chi connectivity index (χ0v) is 23.5. The Kier molecular flexibility index (Phi) is 9.83. The zero-order chi connectivity index (χ0) is 29.2. The van der Waals surface area contributed by atoms with Crippen molar-refractivity contribution in [3.05, 3.63) is 108 Å². The third-order valence-corrected chi connectivity index (χ3v) is 6.34. The van der Waals surface area contributed by atoms with Crippen molar-refractivity contribution in [2.75, 3.05) is 24.9 Å². The van der Waals surface area contributed by atoms with Gasteiger partial charge in [-0.2, -0.15) is 0 Å². The van der Waals surface area contributed by atoms with E-state index in [1.54, 1.807) is 52.3 Å². The standard InChI is InChI=1S/C33H34N2O6/c1-22(40-30-11-7-5-9-28(30)38-3)32(36)34-26-17-13-24(14-18-26)21-25-15-19-27(20-16-25)35-33(37)23(2)41-31-12-8-6-10-29(31)39-4/h5-20,22-23H,21H2,1-4H3,(H,34,36)(H,35,37). The van der Waals surface area contributed by atoms with Crippen LogP contribution in [0.2, 0.25) is 0 Å². The molecule has 2 atom stereocenters. The number of hydrogen-bond acceptors (Lipinski definition) is 6. The number of rotatable bonds is 12. The first-order valence-electron chi connectivity index (χ1n) is 13.2. The first-order chi connectivity index (χ1) is 19.9. The second-order valence-corrected chi connectivity index (χ2v) is 9.37. The molecule has 0 aromatic heterocycles. The summed E-state index contributed by atoms with van der Waals surface area (Å²) in [5.41, 5.74) is 3.52. The average molecular weight is 555 g/mol. The third kappa shape index (κ3) is 8.02. The van der Waals surface area contributed by atoms with Gasteiger partial charge in [-0.15, -0.1) is 0 Å². The van der Waals surface area contributed by atoms with Crippen molar-refractivity contribution in [2.45, 2.75) is 32.5 Å². The van der Waals surface area contributed by atoms with Crippen LogP contribution in [0.4, 0.5) is 11.4 Å². The first-order valence-corrected chi connectivity index (χ1v) is 13.2. The molecule has 2 unspecified atom stereocenters. The van der Waals surface area contributed by atoms with Crippen LogP contribution in [0.3, 0.4) is 0 Å². The van der Waals surface area contributed by atoms with Gasteiger partial charge in [-0.05, 0) is 79.9 Å². The Morgan fingerprint density at radius 2 is 0.902 bits per heavy atom. The molecule has 8 nitrogen and oxygen atoms in total. The normalized spacial score (nSPS) is 12.0. The average Bonchev–Trinajstić information content (AvgIpc) is 2.99. The summed E-state index contributed by atoms with van der Waals surface area (Å²) in [7, 11) is 3.12. The van der Waals surface area contributed by atoms with Crippen LogP contribution in [0.15, 0.2) is 97.1 Å². The molecule has 8 heteroatoms. The van der Waals surface area contributed by atoms with Crippen LogP contribution >= 0.6 is 0 Å². The highest BCUT2D eigenvalue weighted by molar-refractivity contribution is 5.94. The van der Waals surface area contributed by atoms with E-state index in [2.05, 4.69) is 10.6 Å². The first kappa shape index (κ1) is 29.0. The topological polar surface area (TPSA) is 95.1 Å². The van der Waals surface area contributed by atoms with E-state index in [-0.39, 0.29) is 11.8 Å². The van der Waals surface area contributed by atoms with Crippen molar-refractivity contribution in [1.29, 1.82) is 0 Å². The van der Waals surface area contributed by atoms with Crippen LogP contribution in [0.25, 0.3) is 0 Å². The highest BCUT2D eigenvalue weighted by Gasteiger charge is 2.18. The number of carbonyl (C=O) groups excluding carboxylic acids is 2. The lowest BCUT2D eigenvalue weighted by molar-refractivity contribution is -0.122. The summed E-state index contributed by atoms with van der Waals surface area (Å²) in [4.78, 5) is 25.3. The van der Waals surface area contributed by atoms with Gasteiger partial charge in [0.25, 0.3) is 11.8 Å². The smallest absolute Gasteiger partial charge is 0.265 e. The molecule has 0 aliphatic rings. The second kappa shape index (κ2) is 13.9. The fraction of sp³-hybridized carbons (Fsp3) is 0.212. The summed E-state index contributed by atoms with van der Waals surface area (Å²) >= 11 is 0. The Morgan fingerprint density at radius 1 is 0.561 bits per heavy atom. The van der Waals surface area contributed by atoms with Gasteiger partial charge in [0.15, 0.2) is 35.2 Å². The van der Waals surface area contributed by atoms with Crippen molar-refractivity contribution in [3.63, 3.8) is 0 Å². The lowest BCUT2D eigenvalue weighted by Gasteiger charge is -2.17. The van der Waals surface area contributed by atoms with Gasteiger partial charge in [0.1, 0.15) is 0 Å². The fourth-order valence-electron chi connectivity index (χ4n) is 4.06. The van der Waals surface area contributed by atoms with E-state index < -0.39 is 12.2 Å². The molecule has 0 saturated carbocycles. The Balaban J connectivity index is 1.27. The number of para-hydroxylation sites is 4. The summed E-state index contributed by atoms with van der Waals surface area (Å²) in [6, 6.07) is 29.7. The molecule has 4 aromatic rings. The summed E-state index contributed by atoms with van der Waals surface area (Å²) < 4.78 is 22.1. The maximum Gasteiger partial charge on any atom is 0.265 e. The molecular weight excluding hydrogens is 520 g/mol. The van der Waals surface area contributed by atoms with E-state index in [0.29, 0.717) is 40.8 Å². The lowest BCUT2D eigenvalue weighted by atomic mass is 10.0. The minimum Gasteiger partial charge on any atom is -0.493 e. The number of anilines is 2. The highest BCUT2D eigenvalue weighted by atomic mass is 16.5. The number of amides is 2. The highest BCUT2D eigenvalue weighted by Crippen LogP contribution is 2.28. The third-order valence-electron chi connectivity index (χ3n) is 6.34. The maximum atomic E-state index is 12.6. The van der Waals surface area contributed by atoms with Gasteiger partial charge in [0.05, 0.1) is 14.2 Å². The fourth-order valence-corrected chi connectivity index (χ4v) is 4.06. The van der Waals surface area contributed by atoms with Crippen LogP contribution in [-0.4, -0.2) is 38.2 Å². The Bertz CT molecular complexity index is 1340. The summed E-state index contributed by atoms with van der Waals surface area (Å²) in [5.74, 6) is 1.63. The number of benzene rings is 4. The van der Waals surface area contributed by atoms with Crippen molar-refractivity contribution in [1.82, 2.24) is 0 Å². The van der Waals surface area contributed by atoms with Crippen LogP contribution < -0.4 is 29.6 Å². The summed E-state index contributed by atoms with van der Waals surface area (Å²) in [6.07, 6.45) is -0.718. The Hall–Kier alpha value is -4.98. The number of hydrogen-bond donors (Lipinski definition) is 2. The van der Waals surface area contributed by atoms with Gasteiger partial charge in [0.2, 0.25) is 0 Å². The maximum absolute atomic E-state index is 12.6. The molecule has 41 heavy (non-hydrogen) atoms. The summed E-state index contributed by atoms with van der Waals surface area (Å²) in [5, 5.41) is 5.77. The Morgan fingerprint density at radius 3 is 1.24 bits per heavy atom. The van der Waals surface area contributed by atoms with E-state index in [0.717, 1.165) is 11.1 Å². The minimum absolute atomic E-state index is 0.260. The molecule has 0 bridgehead atoms. The van der Waals surface area contributed by atoms with Crippen molar-refractivity contribution in [3.8, 4) is 23.0 Å². The molecular formula is C33H34N2O6. The van der Waals surface area contributed by atoms with Crippen LogP contribution in [0, 0.1) is 0 Å². The van der Waals surface area contributed by atoms with Gasteiger partial charge < -0.3 is 29.6 Å². The predicted octanol–water partition coefficient (Wildman–Crippen LogP) is 6.11. The SMILES string of the molecule is COc1ccccc1OC(C)C(=O)Nc1ccc(Cc2ccc(NC(=O)C(C)Oc3ccccc3OC)cc2)cc1. The van der Waals surface area contributed by atoms with E-state index in [1.165, 1.54) is 0 Å². The molecule has 4 rings (SSSR count). The summed E-state index contributed by atoms with van der Waals surface area (Å²) in [6.45, 7) is 3.38. The second-order valence-electron chi connectivity index (χ2n) is 9.37. The Labute approximate surface area is 240 Å². The molecule has 2 N–H and O–H groups in total. The molecule has 0 aliphatic carbocycles. The molecule has 2 amide bonds. The number of nitrogens with one attached hydrogen (secondary N) is 2. The van der Waals surface area contributed by atoms with Crippen molar-refractivity contribution < 1.29 is 28.5 Å². The largest absolute Gasteiger partial charge is 0.493 e. The minimum atomic E-state index is -0.708. The molecule has 0 saturated heterocycles. The van der Waals surface area contributed by atoms with Gasteiger partial charge in [0, 0.05) is 11.4 Å². The van der Waals surface area contributed by atoms with E-state index >= 15 is 0 Å². The van der Waals surface area contributed by atoms with Crippen LogP contribution in [0.5, 0.6) is 23.0 Å². The molecule has 0 spiro atoms. The number of methoxy groups -OCH3 is 2. The molecule has 0 aliphatic heterocycles. The predicted molar refractivity (Wildman–Crippen MR) is 159 cm³/mol. The van der Waals surface area contributed by atoms with Crippen LogP contribution in [0.1, 0.15) is 25.0 Å². The van der Waals surface area contributed by atoms with Crippen molar-refractivity contribution >= 4 is 23.2 Å². The lowest BCUT2D eigenvalue weighted by Crippen LogP contribution is -2.30. The molecule has 212 valence electrons. The van der Waals surface area contributed by atoms with Crippen molar-refractivity contribution in [2.24, 2.45) is 0 Å². The van der Waals surface area contributed by atoms with E-state index in [1.807, 2.05) is 72.8 Å². The number of ether oxygens (including phenoxy) is 4. The number of carbonyl (C=O) groups is 2. The van der Waals surface area contributed by atoms with E-state index in [4.69, 9.17) is 18.9 Å². The van der Waals surface area contributed by atoms with E-state index in [9.17, 15) is 9.59 Å². The molecule has 0 fully saturated rings. The molecule has 4 aromatic carbocycles. The van der Waals surface area contributed by atoms with Gasteiger partial charge >= 0.3 is 0 Å². The zero-order valence-electron chi connectivity index (χ0n) is 23.5. The quantitative estimate of drug-likeness (QED) is 0.220. The van der Waals surface area contributed by atoms with Crippen LogP contribution in [-0.2, 0) is 16.0 Å². The molecule has 0 heterocycles. The molecule has 0 radical (unpaired) electrons. The van der Waals surface area contributed by atoms with Gasteiger partial charge in [-0.3, -0.25) is 9.59 Å². The van der Waals surface area contributed by atoms with Gasteiger partial charge in [-0.1, -0.05) is 48.5 Å².